The molecule has 2 rings (SSSR count). The Morgan fingerprint density at radius 2 is 1.79 bits per heavy atom. The van der Waals surface area contributed by atoms with Gasteiger partial charge < -0.3 is 5.32 Å². The van der Waals surface area contributed by atoms with Gasteiger partial charge in [-0.15, -0.1) is 0 Å². The fourth-order valence-corrected chi connectivity index (χ4v) is 4.55. The molecule has 3 nitrogen and oxygen atoms in total. The molecule has 1 fully saturated rings. The molecule has 2 atom stereocenters. The maximum Gasteiger partial charge on any atom is 0.181 e. The third-order valence-corrected chi connectivity index (χ3v) is 6.34. The summed E-state index contributed by atoms with van der Waals surface area (Å²) in [5, 5.41) is 2.95. The fraction of sp³-hybridized carbons (Fsp3) is 0.600. The van der Waals surface area contributed by atoms with Crippen molar-refractivity contribution in [1.29, 1.82) is 0 Å². The van der Waals surface area contributed by atoms with Crippen LogP contribution in [0.15, 0.2) is 29.2 Å². The summed E-state index contributed by atoms with van der Waals surface area (Å²) in [5.41, 5.74) is 1.18. The SMILES string of the molecule is CNC1CCC(S(=O)(=O)c2ccc(C(C)C)cc2)C1. The monoisotopic (exact) mass is 281 g/mol. The Morgan fingerprint density at radius 1 is 1.16 bits per heavy atom. The van der Waals surface area contributed by atoms with E-state index in [0.29, 0.717) is 16.9 Å². The molecular weight excluding hydrogens is 258 g/mol. The van der Waals surface area contributed by atoms with E-state index in [-0.39, 0.29) is 5.25 Å². The zero-order valence-electron chi connectivity index (χ0n) is 11.9. The minimum Gasteiger partial charge on any atom is -0.317 e. The van der Waals surface area contributed by atoms with E-state index in [1.165, 1.54) is 5.56 Å². The van der Waals surface area contributed by atoms with E-state index in [0.717, 1.165) is 19.3 Å². The van der Waals surface area contributed by atoms with Crippen LogP contribution in [-0.2, 0) is 9.84 Å². The van der Waals surface area contributed by atoms with E-state index in [2.05, 4.69) is 19.2 Å². The van der Waals surface area contributed by atoms with E-state index < -0.39 is 9.84 Å². The Balaban J connectivity index is 2.20. The number of nitrogens with one attached hydrogen (secondary N) is 1. The van der Waals surface area contributed by atoms with Gasteiger partial charge in [0.1, 0.15) is 0 Å². The van der Waals surface area contributed by atoms with Gasteiger partial charge in [0.15, 0.2) is 9.84 Å². The summed E-state index contributed by atoms with van der Waals surface area (Å²) in [6.07, 6.45) is 2.44. The van der Waals surface area contributed by atoms with Crippen molar-refractivity contribution in [3.63, 3.8) is 0 Å². The second kappa shape index (κ2) is 5.63. The largest absolute Gasteiger partial charge is 0.317 e. The van der Waals surface area contributed by atoms with Crippen molar-refractivity contribution in [3.05, 3.63) is 29.8 Å². The lowest BCUT2D eigenvalue weighted by molar-refractivity contribution is 0.564. The van der Waals surface area contributed by atoms with Crippen LogP contribution in [0.5, 0.6) is 0 Å². The van der Waals surface area contributed by atoms with Crippen molar-refractivity contribution in [1.82, 2.24) is 5.32 Å². The maximum absolute atomic E-state index is 12.5. The van der Waals surface area contributed by atoms with Crippen molar-refractivity contribution in [3.8, 4) is 0 Å². The highest BCUT2D eigenvalue weighted by molar-refractivity contribution is 7.92. The van der Waals surface area contributed by atoms with Crippen molar-refractivity contribution < 1.29 is 8.42 Å². The third-order valence-electron chi connectivity index (χ3n) is 4.11. The van der Waals surface area contributed by atoms with Crippen LogP contribution < -0.4 is 5.32 Å². The molecule has 0 radical (unpaired) electrons. The van der Waals surface area contributed by atoms with Crippen LogP contribution in [0.4, 0.5) is 0 Å². The average Bonchev–Trinajstić information content (AvgIpc) is 2.88. The van der Waals surface area contributed by atoms with Gasteiger partial charge in [-0.3, -0.25) is 0 Å². The molecule has 1 aromatic rings. The topological polar surface area (TPSA) is 46.2 Å². The van der Waals surface area contributed by atoms with Gasteiger partial charge in [-0.2, -0.15) is 0 Å². The fourth-order valence-electron chi connectivity index (χ4n) is 2.72. The highest BCUT2D eigenvalue weighted by atomic mass is 32.2. The van der Waals surface area contributed by atoms with Crippen molar-refractivity contribution >= 4 is 9.84 Å². The van der Waals surface area contributed by atoms with Crippen LogP contribution >= 0.6 is 0 Å². The molecule has 0 saturated heterocycles. The summed E-state index contributed by atoms with van der Waals surface area (Å²) in [4.78, 5) is 0.471. The summed E-state index contributed by atoms with van der Waals surface area (Å²) < 4.78 is 25.1. The van der Waals surface area contributed by atoms with Crippen LogP contribution in [0.25, 0.3) is 0 Å². The molecule has 1 N–H and O–H groups in total. The first-order chi connectivity index (χ1) is 8.95. The van der Waals surface area contributed by atoms with E-state index in [1.807, 2.05) is 19.2 Å². The summed E-state index contributed by atoms with van der Waals surface area (Å²) >= 11 is 0. The van der Waals surface area contributed by atoms with Crippen LogP contribution in [0, 0.1) is 0 Å². The van der Waals surface area contributed by atoms with Crippen molar-refractivity contribution in [2.45, 2.75) is 55.2 Å². The minimum absolute atomic E-state index is 0.227. The molecule has 0 heterocycles. The van der Waals surface area contributed by atoms with Gasteiger partial charge in [-0.05, 0) is 49.9 Å². The van der Waals surface area contributed by atoms with Gasteiger partial charge in [0.25, 0.3) is 0 Å². The average molecular weight is 281 g/mol. The summed E-state index contributed by atoms with van der Waals surface area (Å²) in [7, 11) is -1.26. The van der Waals surface area contributed by atoms with Gasteiger partial charge in [0.2, 0.25) is 0 Å². The van der Waals surface area contributed by atoms with Crippen LogP contribution in [0.3, 0.4) is 0 Å². The predicted molar refractivity (Wildman–Crippen MR) is 78.2 cm³/mol. The second-order valence-electron chi connectivity index (χ2n) is 5.69. The van der Waals surface area contributed by atoms with Crippen molar-refractivity contribution in [2.24, 2.45) is 0 Å². The van der Waals surface area contributed by atoms with E-state index in [9.17, 15) is 8.42 Å². The van der Waals surface area contributed by atoms with Gasteiger partial charge in [0, 0.05) is 6.04 Å². The molecule has 0 bridgehead atoms. The zero-order valence-corrected chi connectivity index (χ0v) is 12.7. The molecule has 1 aliphatic carbocycles. The normalized spacial score (nSPS) is 24.0. The maximum atomic E-state index is 12.5. The first-order valence-corrected chi connectivity index (χ1v) is 8.51. The summed E-state index contributed by atoms with van der Waals surface area (Å²) in [5.74, 6) is 0.428. The number of benzene rings is 1. The third kappa shape index (κ3) is 3.00. The predicted octanol–water partition coefficient (Wildman–Crippen LogP) is 2.72. The Morgan fingerprint density at radius 3 is 2.26 bits per heavy atom. The quantitative estimate of drug-likeness (QED) is 0.923. The van der Waals surface area contributed by atoms with Crippen LogP contribution in [0.2, 0.25) is 0 Å². The highest BCUT2D eigenvalue weighted by Crippen LogP contribution is 2.30. The number of hydrogen-bond donors (Lipinski definition) is 1. The second-order valence-corrected chi connectivity index (χ2v) is 7.92. The Kier molecular flexibility index (Phi) is 4.31. The molecule has 2 unspecified atom stereocenters. The molecular formula is C15H23NO2S. The van der Waals surface area contributed by atoms with Gasteiger partial charge in [0.05, 0.1) is 10.1 Å². The van der Waals surface area contributed by atoms with Crippen LogP contribution in [0.1, 0.15) is 44.6 Å². The number of hydrogen-bond acceptors (Lipinski definition) is 3. The molecule has 0 aliphatic heterocycles. The molecule has 19 heavy (non-hydrogen) atoms. The van der Waals surface area contributed by atoms with Gasteiger partial charge in [-0.1, -0.05) is 26.0 Å². The smallest absolute Gasteiger partial charge is 0.181 e. The Labute approximate surface area is 116 Å². The summed E-state index contributed by atoms with van der Waals surface area (Å²) in [6, 6.07) is 7.73. The molecule has 4 heteroatoms. The minimum atomic E-state index is -3.16. The molecule has 106 valence electrons. The van der Waals surface area contributed by atoms with E-state index in [1.54, 1.807) is 12.1 Å². The van der Waals surface area contributed by atoms with Gasteiger partial charge >= 0.3 is 0 Å². The lowest BCUT2D eigenvalue weighted by Crippen LogP contribution is -2.25. The molecule has 0 amide bonds. The number of sulfone groups is 1. The molecule has 1 aliphatic rings. The lowest BCUT2D eigenvalue weighted by Gasteiger charge is -2.13. The van der Waals surface area contributed by atoms with Crippen molar-refractivity contribution in [2.75, 3.05) is 7.05 Å². The highest BCUT2D eigenvalue weighted by Gasteiger charge is 2.34. The first kappa shape index (κ1) is 14.5. The van der Waals surface area contributed by atoms with Crippen LogP contribution in [-0.4, -0.2) is 26.8 Å². The molecule has 1 aromatic carbocycles. The molecule has 1 saturated carbocycles. The Hall–Kier alpha value is -0.870. The molecule has 0 spiro atoms. The zero-order chi connectivity index (χ0) is 14.0. The lowest BCUT2D eigenvalue weighted by atomic mass is 10.0. The standard InChI is InChI=1S/C15H23NO2S/c1-11(2)12-4-7-14(8-5-12)19(17,18)15-9-6-13(10-15)16-3/h4-5,7-8,11,13,15-16H,6,9-10H2,1-3H3. The van der Waals surface area contributed by atoms with Gasteiger partial charge in [-0.25, -0.2) is 8.42 Å². The van der Waals surface area contributed by atoms with E-state index >= 15 is 0 Å². The first-order valence-electron chi connectivity index (χ1n) is 6.96. The molecule has 0 aromatic heterocycles. The Bertz CT molecular complexity index is 520. The van der Waals surface area contributed by atoms with E-state index in [4.69, 9.17) is 0 Å². The number of rotatable bonds is 4. The summed E-state index contributed by atoms with van der Waals surface area (Å²) in [6.45, 7) is 4.22.